The fourth-order valence-electron chi connectivity index (χ4n) is 2.45. The van der Waals surface area contributed by atoms with Crippen molar-refractivity contribution in [3.05, 3.63) is 62.3 Å². The zero-order chi connectivity index (χ0) is 17.7. The molecule has 0 fully saturated rings. The van der Waals surface area contributed by atoms with Crippen LogP contribution in [0.4, 0.5) is 4.39 Å². The molecule has 0 saturated carbocycles. The van der Waals surface area contributed by atoms with Crippen molar-refractivity contribution in [1.82, 2.24) is 9.78 Å². The highest BCUT2D eigenvalue weighted by Gasteiger charge is 2.11. The minimum atomic E-state index is -0.395. The Morgan fingerprint density at radius 2 is 2.21 bits per heavy atom. The summed E-state index contributed by atoms with van der Waals surface area (Å²) in [5.41, 5.74) is 2.32. The summed E-state index contributed by atoms with van der Waals surface area (Å²) in [5.74, 6) is -0.395. The van der Waals surface area contributed by atoms with Gasteiger partial charge in [0.1, 0.15) is 11.5 Å². The lowest BCUT2D eigenvalue weighted by Crippen LogP contribution is -2.18. The molecule has 1 aromatic rings. The summed E-state index contributed by atoms with van der Waals surface area (Å²) < 4.78 is 15.4. The van der Waals surface area contributed by atoms with Crippen molar-refractivity contribution in [1.29, 1.82) is 5.41 Å². The van der Waals surface area contributed by atoms with Gasteiger partial charge in [-0.2, -0.15) is 5.10 Å². The monoisotopic (exact) mass is 349 g/mol. The standard InChI is InChI=1S/C18H21ClFN3O/c1-12(13(2)19)16(20)6-8-23-9-7-18(24)17(22-23)11-14-4-3-5-15(21)10-14/h6-7,9-10,21H,3-5,8,11H2,1-2H3. The molecule has 128 valence electrons. The highest BCUT2D eigenvalue weighted by atomic mass is 35.5. The Labute approximate surface area is 145 Å². The summed E-state index contributed by atoms with van der Waals surface area (Å²) in [6, 6.07) is 1.44. The zero-order valence-corrected chi connectivity index (χ0v) is 14.7. The van der Waals surface area contributed by atoms with E-state index in [0.717, 1.165) is 24.8 Å². The molecule has 0 atom stereocenters. The molecule has 0 aromatic carbocycles. The van der Waals surface area contributed by atoms with Crippen molar-refractivity contribution in [3.63, 3.8) is 0 Å². The van der Waals surface area contributed by atoms with Crippen LogP contribution in [0.15, 0.2) is 51.2 Å². The van der Waals surface area contributed by atoms with E-state index in [1.807, 2.05) is 6.08 Å². The van der Waals surface area contributed by atoms with Gasteiger partial charge in [0.05, 0.1) is 6.54 Å². The molecule has 6 heteroatoms. The van der Waals surface area contributed by atoms with Crippen LogP contribution in [-0.2, 0) is 13.0 Å². The van der Waals surface area contributed by atoms with Crippen LogP contribution in [0.1, 0.15) is 38.8 Å². The summed E-state index contributed by atoms with van der Waals surface area (Å²) in [6.07, 6.45) is 7.80. The van der Waals surface area contributed by atoms with E-state index in [0.29, 0.717) is 28.4 Å². The van der Waals surface area contributed by atoms with Crippen molar-refractivity contribution in [3.8, 4) is 0 Å². The second-order valence-corrected chi connectivity index (χ2v) is 6.48. The molecule has 1 heterocycles. The third-order valence-corrected chi connectivity index (χ3v) is 4.26. The first-order valence-corrected chi connectivity index (χ1v) is 8.27. The molecule has 0 saturated heterocycles. The maximum Gasteiger partial charge on any atom is 0.203 e. The fraction of sp³-hybridized carbons (Fsp3) is 0.389. The normalized spacial score (nSPS) is 16.8. The molecule has 0 amide bonds. The molecule has 4 nitrogen and oxygen atoms in total. The van der Waals surface area contributed by atoms with Gasteiger partial charge in [-0.15, -0.1) is 0 Å². The van der Waals surface area contributed by atoms with Crippen molar-refractivity contribution in [2.75, 3.05) is 0 Å². The van der Waals surface area contributed by atoms with Crippen LogP contribution in [-0.4, -0.2) is 15.5 Å². The zero-order valence-electron chi connectivity index (χ0n) is 13.9. The SMILES string of the molecule is CC(Cl)=C(C)C(F)=CCn1ccc(=O)c(CC2=CC(=N)CCC2)n1. The molecular formula is C18H21ClFN3O. The first kappa shape index (κ1) is 18.3. The van der Waals surface area contributed by atoms with E-state index in [2.05, 4.69) is 5.10 Å². The van der Waals surface area contributed by atoms with Gasteiger partial charge in [-0.25, -0.2) is 4.39 Å². The van der Waals surface area contributed by atoms with E-state index < -0.39 is 5.83 Å². The first-order valence-electron chi connectivity index (χ1n) is 7.89. The quantitative estimate of drug-likeness (QED) is 0.805. The number of aromatic nitrogens is 2. The molecule has 0 unspecified atom stereocenters. The third kappa shape index (κ3) is 4.99. The predicted octanol–water partition coefficient (Wildman–Crippen LogP) is 4.30. The van der Waals surface area contributed by atoms with Gasteiger partial charge in [-0.05, 0) is 50.8 Å². The smallest absolute Gasteiger partial charge is 0.203 e. The highest BCUT2D eigenvalue weighted by molar-refractivity contribution is 6.29. The Morgan fingerprint density at radius 3 is 2.88 bits per heavy atom. The fourth-order valence-corrected chi connectivity index (χ4v) is 2.54. The van der Waals surface area contributed by atoms with Gasteiger partial charge in [0.15, 0.2) is 0 Å². The Morgan fingerprint density at radius 1 is 1.46 bits per heavy atom. The van der Waals surface area contributed by atoms with Gasteiger partial charge < -0.3 is 5.41 Å². The van der Waals surface area contributed by atoms with Gasteiger partial charge in [0.25, 0.3) is 0 Å². The summed E-state index contributed by atoms with van der Waals surface area (Å²) >= 11 is 5.78. The molecular weight excluding hydrogens is 329 g/mol. The number of halogens is 2. The maximum atomic E-state index is 13.9. The molecule has 0 bridgehead atoms. The van der Waals surface area contributed by atoms with Crippen molar-refractivity contribution in [2.45, 2.75) is 46.1 Å². The molecule has 1 aromatic heterocycles. The van der Waals surface area contributed by atoms with Crippen molar-refractivity contribution < 1.29 is 4.39 Å². The molecule has 2 rings (SSSR count). The average molecular weight is 350 g/mol. The molecule has 0 aliphatic heterocycles. The van der Waals surface area contributed by atoms with Gasteiger partial charge in [-0.1, -0.05) is 17.2 Å². The maximum absolute atomic E-state index is 13.9. The van der Waals surface area contributed by atoms with Crippen LogP contribution in [0.2, 0.25) is 0 Å². The summed E-state index contributed by atoms with van der Waals surface area (Å²) in [6.45, 7) is 3.47. The topological polar surface area (TPSA) is 58.7 Å². The van der Waals surface area contributed by atoms with Gasteiger partial charge in [0.2, 0.25) is 5.43 Å². The lowest BCUT2D eigenvalue weighted by atomic mass is 9.95. The van der Waals surface area contributed by atoms with E-state index in [9.17, 15) is 9.18 Å². The van der Waals surface area contributed by atoms with Crippen LogP contribution < -0.4 is 5.43 Å². The summed E-state index contributed by atoms with van der Waals surface area (Å²) in [5, 5.41) is 12.4. The van der Waals surface area contributed by atoms with Crippen molar-refractivity contribution >= 4 is 17.3 Å². The summed E-state index contributed by atoms with van der Waals surface area (Å²) in [4.78, 5) is 12.0. The average Bonchev–Trinajstić information content (AvgIpc) is 2.54. The highest BCUT2D eigenvalue weighted by Crippen LogP contribution is 2.19. The predicted molar refractivity (Wildman–Crippen MR) is 95.3 cm³/mol. The Hall–Kier alpha value is -2.01. The lowest BCUT2D eigenvalue weighted by molar-refractivity contribution is 0.609. The number of allylic oxidation sites excluding steroid dienone is 6. The number of nitrogens with one attached hydrogen (secondary N) is 1. The molecule has 0 spiro atoms. The second-order valence-electron chi connectivity index (χ2n) is 5.92. The second kappa shape index (κ2) is 8.20. The lowest BCUT2D eigenvalue weighted by Gasteiger charge is -2.13. The Bertz CT molecular complexity index is 786. The van der Waals surface area contributed by atoms with E-state index in [4.69, 9.17) is 17.0 Å². The van der Waals surface area contributed by atoms with Gasteiger partial charge in [-0.3, -0.25) is 9.48 Å². The van der Waals surface area contributed by atoms with Crippen molar-refractivity contribution in [2.24, 2.45) is 0 Å². The largest absolute Gasteiger partial charge is 0.305 e. The van der Waals surface area contributed by atoms with Gasteiger partial charge >= 0.3 is 0 Å². The van der Waals surface area contributed by atoms with Crippen LogP contribution in [0.25, 0.3) is 0 Å². The molecule has 1 N–H and O–H groups in total. The van der Waals surface area contributed by atoms with E-state index in [1.54, 1.807) is 20.0 Å². The molecule has 24 heavy (non-hydrogen) atoms. The molecule has 1 aliphatic carbocycles. The summed E-state index contributed by atoms with van der Waals surface area (Å²) in [7, 11) is 0. The van der Waals surface area contributed by atoms with Crippen LogP contribution in [0, 0.1) is 5.41 Å². The Balaban J connectivity index is 2.17. The molecule has 0 radical (unpaired) electrons. The van der Waals surface area contributed by atoms with Crippen LogP contribution in [0.5, 0.6) is 0 Å². The molecule has 1 aliphatic rings. The third-order valence-electron chi connectivity index (χ3n) is 3.98. The Kier molecular flexibility index (Phi) is 6.26. The van der Waals surface area contributed by atoms with E-state index in [-0.39, 0.29) is 12.0 Å². The van der Waals surface area contributed by atoms with E-state index >= 15 is 0 Å². The number of hydrogen-bond donors (Lipinski definition) is 1. The number of nitrogens with zero attached hydrogens (tertiary/aromatic N) is 2. The number of rotatable bonds is 5. The van der Waals surface area contributed by atoms with E-state index in [1.165, 1.54) is 16.8 Å². The van der Waals surface area contributed by atoms with Gasteiger partial charge in [0, 0.05) is 29.4 Å². The minimum absolute atomic E-state index is 0.138. The first-order chi connectivity index (χ1) is 11.4. The number of hydrogen-bond acceptors (Lipinski definition) is 3. The van der Waals surface area contributed by atoms with Crippen LogP contribution in [0.3, 0.4) is 0 Å². The minimum Gasteiger partial charge on any atom is -0.305 e. The van der Waals surface area contributed by atoms with Crippen LogP contribution >= 0.6 is 11.6 Å².